The van der Waals surface area contributed by atoms with Crippen molar-refractivity contribution < 1.29 is 19.7 Å². The maximum Gasteiger partial charge on any atom is 0.308 e. The van der Waals surface area contributed by atoms with E-state index >= 15 is 0 Å². The first-order valence-corrected chi connectivity index (χ1v) is 8.83. The number of carboxylic acids is 1. The Hall–Kier alpha value is -1.58. The number of aliphatic hydroxyl groups is 1. The highest BCUT2D eigenvalue weighted by Gasteiger charge is 2.30. The molecule has 3 atom stereocenters. The van der Waals surface area contributed by atoms with Crippen molar-refractivity contribution in [2.45, 2.75) is 43.7 Å². The van der Waals surface area contributed by atoms with E-state index in [4.69, 9.17) is 27.2 Å². The summed E-state index contributed by atoms with van der Waals surface area (Å²) in [6.45, 7) is 1.01. The third-order valence-corrected chi connectivity index (χ3v) is 4.54. The Balaban J connectivity index is 0.000000236. The molecule has 136 valence electrons. The molecular formula is C19H24ClNO4. The molecule has 1 aliphatic carbocycles. The van der Waals surface area contributed by atoms with Gasteiger partial charge in [-0.25, -0.2) is 0 Å². The Bertz CT molecular complexity index is 648. The smallest absolute Gasteiger partial charge is 0.308 e. The number of nitrogens with two attached hydrogens (primary N) is 1. The van der Waals surface area contributed by atoms with Gasteiger partial charge in [-0.05, 0) is 43.9 Å². The molecule has 1 aromatic carbocycles. The van der Waals surface area contributed by atoms with Crippen molar-refractivity contribution in [3.63, 3.8) is 0 Å². The number of ether oxygens (including phenoxy) is 1. The quantitative estimate of drug-likeness (QED) is 0.665. The van der Waals surface area contributed by atoms with Crippen LogP contribution in [-0.2, 0) is 9.53 Å². The monoisotopic (exact) mass is 365 g/mol. The lowest BCUT2D eigenvalue weighted by atomic mass is 9.82. The zero-order valence-electron chi connectivity index (χ0n) is 14.1. The zero-order valence-corrected chi connectivity index (χ0v) is 14.8. The van der Waals surface area contributed by atoms with Crippen LogP contribution in [-0.4, -0.2) is 41.0 Å². The highest BCUT2D eigenvalue weighted by molar-refractivity contribution is 6.30. The van der Waals surface area contributed by atoms with Crippen LogP contribution in [0.15, 0.2) is 24.3 Å². The fourth-order valence-corrected chi connectivity index (χ4v) is 3.08. The van der Waals surface area contributed by atoms with Crippen molar-refractivity contribution in [2.24, 2.45) is 11.7 Å². The molecule has 1 aromatic rings. The van der Waals surface area contributed by atoms with Crippen molar-refractivity contribution in [3.8, 4) is 11.8 Å². The molecule has 1 saturated carbocycles. The molecule has 6 heteroatoms. The van der Waals surface area contributed by atoms with E-state index in [1.807, 2.05) is 12.1 Å². The predicted octanol–water partition coefficient (Wildman–Crippen LogP) is 2.43. The van der Waals surface area contributed by atoms with Gasteiger partial charge in [-0.1, -0.05) is 29.5 Å². The maximum absolute atomic E-state index is 10.3. The van der Waals surface area contributed by atoms with E-state index in [2.05, 4.69) is 11.8 Å². The molecule has 4 N–H and O–H groups in total. The normalized spacial score (nSPS) is 28.3. The Morgan fingerprint density at radius 1 is 1.40 bits per heavy atom. The number of carboxylic acid groups (broad SMARTS) is 1. The summed E-state index contributed by atoms with van der Waals surface area (Å²) in [6, 6.07) is 7.38. The van der Waals surface area contributed by atoms with E-state index in [9.17, 15) is 9.90 Å². The first-order chi connectivity index (χ1) is 11.9. The molecule has 3 rings (SSSR count). The van der Waals surface area contributed by atoms with Gasteiger partial charge in [-0.3, -0.25) is 4.79 Å². The van der Waals surface area contributed by atoms with Crippen LogP contribution in [0.1, 0.15) is 37.7 Å². The first-order valence-electron chi connectivity index (χ1n) is 8.45. The Labute approximate surface area is 153 Å². The highest BCUT2D eigenvalue weighted by Crippen LogP contribution is 2.26. The summed E-state index contributed by atoms with van der Waals surface area (Å²) in [7, 11) is 0. The highest BCUT2D eigenvalue weighted by atomic mass is 35.5. The molecule has 0 amide bonds. The molecule has 1 heterocycles. The molecular weight excluding hydrogens is 342 g/mol. The molecule has 0 aromatic heterocycles. The van der Waals surface area contributed by atoms with Crippen LogP contribution < -0.4 is 5.73 Å². The van der Waals surface area contributed by atoms with E-state index in [1.165, 1.54) is 0 Å². The minimum Gasteiger partial charge on any atom is -0.481 e. The Morgan fingerprint density at radius 3 is 2.76 bits per heavy atom. The van der Waals surface area contributed by atoms with E-state index < -0.39 is 11.6 Å². The fourth-order valence-electron chi connectivity index (χ4n) is 2.89. The summed E-state index contributed by atoms with van der Waals surface area (Å²) < 4.78 is 4.84. The first kappa shape index (κ1) is 19.7. The number of benzene rings is 1. The number of carbonyl (C=O) groups is 1. The number of hydrogen-bond acceptors (Lipinski definition) is 4. The second-order valence-corrected chi connectivity index (χ2v) is 6.98. The van der Waals surface area contributed by atoms with Crippen molar-refractivity contribution in [1.82, 2.24) is 0 Å². The summed E-state index contributed by atoms with van der Waals surface area (Å²) >= 11 is 5.87. The molecule has 25 heavy (non-hydrogen) atoms. The summed E-state index contributed by atoms with van der Waals surface area (Å²) in [5.41, 5.74) is 5.75. The van der Waals surface area contributed by atoms with E-state index in [0.29, 0.717) is 37.5 Å². The molecule has 2 fully saturated rings. The molecule has 0 unspecified atom stereocenters. The minimum atomic E-state index is -0.931. The second kappa shape index (κ2) is 9.21. The van der Waals surface area contributed by atoms with Gasteiger partial charge in [0, 0.05) is 29.7 Å². The molecule has 1 aliphatic heterocycles. The minimum absolute atomic E-state index is 0.0578. The van der Waals surface area contributed by atoms with Gasteiger partial charge in [0.1, 0.15) is 5.60 Å². The predicted molar refractivity (Wildman–Crippen MR) is 96.3 cm³/mol. The Kier molecular flexibility index (Phi) is 7.27. The van der Waals surface area contributed by atoms with Crippen LogP contribution in [0.2, 0.25) is 5.02 Å². The van der Waals surface area contributed by atoms with Crippen molar-refractivity contribution in [2.75, 3.05) is 13.2 Å². The van der Waals surface area contributed by atoms with Crippen molar-refractivity contribution in [1.29, 1.82) is 0 Å². The van der Waals surface area contributed by atoms with Gasteiger partial charge in [-0.15, -0.1) is 0 Å². The third kappa shape index (κ3) is 6.68. The summed E-state index contributed by atoms with van der Waals surface area (Å²) in [4.78, 5) is 10.1. The van der Waals surface area contributed by atoms with Crippen LogP contribution >= 0.6 is 11.6 Å². The number of rotatable bonds is 1. The van der Waals surface area contributed by atoms with Crippen molar-refractivity contribution in [3.05, 3.63) is 34.9 Å². The molecule has 0 bridgehead atoms. The molecule has 0 radical (unpaired) electrons. The topological polar surface area (TPSA) is 92.8 Å². The average molecular weight is 366 g/mol. The molecule has 2 aliphatic rings. The number of hydrogen-bond donors (Lipinski definition) is 3. The lowest BCUT2D eigenvalue weighted by Crippen LogP contribution is -2.40. The van der Waals surface area contributed by atoms with E-state index in [0.717, 1.165) is 18.4 Å². The number of halogens is 1. The van der Waals surface area contributed by atoms with Gasteiger partial charge in [0.05, 0.1) is 12.5 Å². The standard InChI is InChI=1S/C14H16ClNO.C5H8O3/c15-12-4-1-3-11(9-12)6-8-14(17)7-2-5-13(16)10-14;6-5(7)4-1-2-8-3-4/h1,3-4,9,13,17H,2,5,7,10,16H2;4H,1-3H2,(H,6,7)/t13-,14+;4-/m00/s1. The van der Waals surface area contributed by atoms with Crippen LogP contribution in [0.5, 0.6) is 0 Å². The third-order valence-electron chi connectivity index (χ3n) is 4.31. The lowest BCUT2D eigenvalue weighted by Gasteiger charge is -2.30. The molecule has 5 nitrogen and oxygen atoms in total. The van der Waals surface area contributed by atoms with Gasteiger partial charge in [-0.2, -0.15) is 0 Å². The van der Waals surface area contributed by atoms with Crippen molar-refractivity contribution >= 4 is 17.6 Å². The SMILES string of the molecule is N[C@H]1CCC[C@@](O)(C#Cc2cccc(Cl)c2)C1.O=C(O)[C@H]1CCOC1. The van der Waals surface area contributed by atoms with E-state index in [-0.39, 0.29) is 12.0 Å². The lowest BCUT2D eigenvalue weighted by molar-refractivity contribution is -0.141. The van der Waals surface area contributed by atoms with Crippen LogP contribution in [0.25, 0.3) is 0 Å². The van der Waals surface area contributed by atoms with Crippen LogP contribution in [0.4, 0.5) is 0 Å². The average Bonchev–Trinajstić information content (AvgIpc) is 3.08. The van der Waals surface area contributed by atoms with Gasteiger partial charge < -0.3 is 20.7 Å². The summed E-state index contributed by atoms with van der Waals surface area (Å²) in [5, 5.41) is 19.3. The van der Waals surface area contributed by atoms with Gasteiger partial charge in [0.15, 0.2) is 0 Å². The Morgan fingerprint density at radius 2 is 2.20 bits per heavy atom. The van der Waals surface area contributed by atoms with Gasteiger partial charge >= 0.3 is 5.97 Å². The van der Waals surface area contributed by atoms with Crippen LogP contribution in [0, 0.1) is 17.8 Å². The number of aliphatic carboxylic acids is 1. The zero-order chi connectivity index (χ0) is 18.3. The largest absolute Gasteiger partial charge is 0.481 e. The maximum atomic E-state index is 10.3. The summed E-state index contributed by atoms with van der Waals surface area (Å²) in [5.74, 6) is 4.94. The van der Waals surface area contributed by atoms with E-state index in [1.54, 1.807) is 12.1 Å². The molecule has 1 saturated heterocycles. The van der Waals surface area contributed by atoms with Gasteiger partial charge in [0.2, 0.25) is 0 Å². The fraction of sp³-hybridized carbons (Fsp3) is 0.526. The molecule has 0 spiro atoms. The second-order valence-electron chi connectivity index (χ2n) is 6.55. The van der Waals surface area contributed by atoms with Gasteiger partial charge in [0.25, 0.3) is 0 Å². The summed E-state index contributed by atoms with van der Waals surface area (Å²) in [6.07, 6.45) is 3.84. The van der Waals surface area contributed by atoms with Crippen LogP contribution in [0.3, 0.4) is 0 Å².